The Bertz CT molecular complexity index is 1550. The van der Waals surface area contributed by atoms with Gasteiger partial charge >= 0.3 is 0 Å². The molecule has 1 aromatic heterocycles. The van der Waals surface area contributed by atoms with Crippen molar-refractivity contribution in [2.24, 2.45) is 0 Å². The van der Waals surface area contributed by atoms with E-state index in [2.05, 4.69) is 21.9 Å². The Balaban J connectivity index is 1.23. The van der Waals surface area contributed by atoms with Crippen molar-refractivity contribution in [2.75, 3.05) is 30.9 Å². The van der Waals surface area contributed by atoms with E-state index in [0.29, 0.717) is 38.0 Å². The summed E-state index contributed by atoms with van der Waals surface area (Å²) in [6.07, 6.45) is 9.90. The number of benzene rings is 2. The molecule has 1 fully saturated rings. The Morgan fingerprint density at radius 1 is 0.974 bits per heavy atom. The monoisotopic (exact) mass is 534 g/mol. The normalized spacial score (nSPS) is 15.9. The summed E-state index contributed by atoms with van der Waals surface area (Å²) in [5.74, 6) is -1.21. The first kappa shape index (κ1) is 25.6. The van der Waals surface area contributed by atoms with Gasteiger partial charge in [-0.2, -0.15) is 0 Å². The summed E-state index contributed by atoms with van der Waals surface area (Å²) in [5, 5.41) is 0.640. The number of hydrogen-bond donors (Lipinski definition) is 1. The summed E-state index contributed by atoms with van der Waals surface area (Å²) in [4.78, 5) is 33.0. The van der Waals surface area contributed by atoms with Gasteiger partial charge in [-0.15, -0.1) is 0 Å². The first-order valence-corrected chi connectivity index (χ1v) is 13.9. The van der Waals surface area contributed by atoms with Crippen LogP contribution in [0, 0.1) is 5.82 Å². The number of carbonyl (C=O) groups excluding carboxylic acids is 2. The summed E-state index contributed by atoms with van der Waals surface area (Å²) in [6.45, 7) is 1.48. The molecular formula is C28H27FN4O4S. The standard InChI is InChI=1S/C28H27FN4O4S/c29-23-19-22(28(35)33-16-14-32(15-17-33)26(34)18-20-6-2-1-3-7-20)11-12-24(23)31-38(36,37)25-10-4-8-21-9-5-13-30-27(21)25/h2,4-13,19,31H,1,3,14-18H2. The fraction of sp³-hybridized carbons (Fsp3) is 0.250. The van der Waals surface area contributed by atoms with E-state index in [1.807, 2.05) is 6.08 Å². The largest absolute Gasteiger partial charge is 0.339 e. The average Bonchev–Trinajstić information content (AvgIpc) is 2.94. The zero-order valence-corrected chi connectivity index (χ0v) is 21.5. The van der Waals surface area contributed by atoms with E-state index in [1.54, 1.807) is 34.1 Å². The summed E-state index contributed by atoms with van der Waals surface area (Å²) in [5.41, 5.74) is 1.13. The Morgan fingerprint density at radius 3 is 2.47 bits per heavy atom. The van der Waals surface area contributed by atoms with Crippen LogP contribution in [0.5, 0.6) is 0 Å². The van der Waals surface area contributed by atoms with Crippen molar-refractivity contribution in [3.05, 3.63) is 89.9 Å². The second-order valence-electron chi connectivity index (χ2n) is 9.24. The number of sulfonamides is 1. The van der Waals surface area contributed by atoms with E-state index in [1.165, 1.54) is 24.4 Å². The number of piperazine rings is 1. The van der Waals surface area contributed by atoms with E-state index in [-0.39, 0.29) is 33.5 Å². The maximum absolute atomic E-state index is 15.0. The van der Waals surface area contributed by atoms with Crippen molar-refractivity contribution in [3.8, 4) is 0 Å². The first-order chi connectivity index (χ1) is 18.3. The van der Waals surface area contributed by atoms with Gasteiger partial charge in [-0.1, -0.05) is 36.4 Å². The van der Waals surface area contributed by atoms with Crippen molar-refractivity contribution < 1.29 is 22.4 Å². The van der Waals surface area contributed by atoms with Gasteiger partial charge in [0.1, 0.15) is 10.7 Å². The zero-order valence-electron chi connectivity index (χ0n) is 20.6. The molecule has 8 nitrogen and oxygen atoms in total. The molecule has 5 rings (SSSR count). The van der Waals surface area contributed by atoms with E-state index in [0.717, 1.165) is 24.5 Å². The molecule has 0 bridgehead atoms. The number of para-hydroxylation sites is 1. The molecule has 0 unspecified atom stereocenters. The Labute approximate surface area is 220 Å². The maximum atomic E-state index is 15.0. The van der Waals surface area contributed by atoms with Crippen LogP contribution < -0.4 is 4.72 Å². The second kappa shape index (κ2) is 10.7. The number of nitrogens with zero attached hydrogens (tertiary/aromatic N) is 3. The van der Waals surface area contributed by atoms with Gasteiger partial charge in [-0.3, -0.25) is 19.3 Å². The lowest BCUT2D eigenvalue weighted by Crippen LogP contribution is -2.50. The SMILES string of the molecule is O=C(CC1=CCCC=C1)N1CCN(C(=O)c2ccc(NS(=O)(=O)c3cccc4cccnc34)c(F)c2)CC1. The van der Waals surface area contributed by atoms with Gasteiger partial charge in [0.15, 0.2) is 0 Å². The number of anilines is 1. The van der Waals surface area contributed by atoms with Gasteiger partial charge in [0.05, 0.1) is 17.6 Å². The molecular weight excluding hydrogens is 507 g/mol. The molecule has 0 radical (unpaired) electrons. The quantitative estimate of drug-likeness (QED) is 0.513. The number of aromatic nitrogens is 1. The topological polar surface area (TPSA) is 99.7 Å². The number of fused-ring (bicyclic) bond motifs is 1. The zero-order chi connectivity index (χ0) is 26.7. The highest BCUT2D eigenvalue weighted by Gasteiger charge is 2.26. The van der Waals surface area contributed by atoms with Crippen LogP contribution in [-0.2, 0) is 14.8 Å². The van der Waals surface area contributed by atoms with Crippen LogP contribution in [0.25, 0.3) is 10.9 Å². The molecule has 0 spiro atoms. The molecule has 10 heteroatoms. The molecule has 2 amide bonds. The number of allylic oxidation sites excluding steroid dienone is 3. The van der Waals surface area contributed by atoms with E-state index in [9.17, 15) is 22.4 Å². The van der Waals surface area contributed by atoms with Gasteiger partial charge in [-0.25, -0.2) is 12.8 Å². The summed E-state index contributed by atoms with van der Waals surface area (Å²) < 4.78 is 43.2. The molecule has 0 atom stereocenters. The van der Waals surface area contributed by atoms with Crippen LogP contribution >= 0.6 is 0 Å². The third kappa shape index (κ3) is 5.45. The van der Waals surface area contributed by atoms with Crippen molar-refractivity contribution >= 4 is 38.4 Å². The number of hydrogen-bond acceptors (Lipinski definition) is 5. The number of amides is 2. The van der Waals surface area contributed by atoms with Crippen LogP contribution in [0.15, 0.2) is 83.4 Å². The van der Waals surface area contributed by atoms with E-state index in [4.69, 9.17) is 0 Å². The van der Waals surface area contributed by atoms with E-state index < -0.39 is 15.8 Å². The Morgan fingerprint density at radius 2 is 1.74 bits per heavy atom. The molecule has 1 N–H and O–H groups in total. The summed E-state index contributed by atoms with van der Waals surface area (Å²) >= 11 is 0. The fourth-order valence-electron chi connectivity index (χ4n) is 4.65. The van der Waals surface area contributed by atoms with Gasteiger partial charge in [0.25, 0.3) is 15.9 Å². The minimum absolute atomic E-state index is 0.0268. The van der Waals surface area contributed by atoms with Crippen LogP contribution in [0.2, 0.25) is 0 Å². The number of pyridine rings is 1. The predicted molar refractivity (Wildman–Crippen MR) is 143 cm³/mol. The van der Waals surface area contributed by atoms with Crippen LogP contribution in [0.3, 0.4) is 0 Å². The van der Waals surface area contributed by atoms with Crippen molar-refractivity contribution in [3.63, 3.8) is 0 Å². The highest BCUT2D eigenvalue weighted by atomic mass is 32.2. The third-order valence-corrected chi connectivity index (χ3v) is 8.09. The molecule has 38 heavy (non-hydrogen) atoms. The number of nitrogens with one attached hydrogen (secondary N) is 1. The molecule has 0 saturated carbocycles. The van der Waals surface area contributed by atoms with Gasteiger partial charge in [-0.05, 0) is 48.7 Å². The molecule has 3 aromatic rings. The fourth-order valence-corrected chi connectivity index (χ4v) is 5.90. The second-order valence-corrected chi connectivity index (χ2v) is 10.9. The maximum Gasteiger partial charge on any atom is 0.264 e. The lowest BCUT2D eigenvalue weighted by atomic mass is 10.0. The molecule has 196 valence electrons. The molecule has 1 aliphatic carbocycles. The summed E-state index contributed by atoms with van der Waals surface area (Å²) in [6, 6.07) is 11.8. The van der Waals surface area contributed by atoms with E-state index >= 15 is 0 Å². The van der Waals surface area contributed by atoms with Crippen molar-refractivity contribution in [2.45, 2.75) is 24.2 Å². The minimum Gasteiger partial charge on any atom is -0.339 e. The summed E-state index contributed by atoms with van der Waals surface area (Å²) in [7, 11) is -4.13. The third-order valence-electron chi connectivity index (χ3n) is 6.69. The Kier molecular flexibility index (Phi) is 7.24. The van der Waals surface area contributed by atoms with Gasteiger partial charge in [0.2, 0.25) is 5.91 Å². The molecule has 2 aromatic carbocycles. The lowest BCUT2D eigenvalue weighted by molar-refractivity contribution is -0.131. The van der Waals surface area contributed by atoms with Gasteiger partial charge < -0.3 is 9.80 Å². The molecule has 1 aliphatic heterocycles. The average molecular weight is 535 g/mol. The smallest absolute Gasteiger partial charge is 0.264 e. The van der Waals surface area contributed by atoms with Crippen LogP contribution in [0.4, 0.5) is 10.1 Å². The van der Waals surface area contributed by atoms with Crippen molar-refractivity contribution in [1.29, 1.82) is 0 Å². The number of rotatable bonds is 6. The molecule has 1 saturated heterocycles. The predicted octanol–water partition coefficient (Wildman–Crippen LogP) is 4.13. The minimum atomic E-state index is -4.13. The number of carbonyl (C=O) groups is 2. The molecule has 2 aliphatic rings. The molecule has 2 heterocycles. The number of halogens is 1. The first-order valence-electron chi connectivity index (χ1n) is 12.4. The van der Waals surface area contributed by atoms with Crippen LogP contribution in [0.1, 0.15) is 29.6 Å². The lowest BCUT2D eigenvalue weighted by Gasteiger charge is -2.35. The highest BCUT2D eigenvalue weighted by molar-refractivity contribution is 7.93. The van der Waals surface area contributed by atoms with Crippen molar-refractivity contribution in [1.82, 2.24) is 14.8 Å². The van der Waals surface area contributed by atoms with Gasteiger partial charge in [0, 0.05) is 43.3 Å². The Hall–Kier alpha value is -4.05. The highest BCUT2D eigenvalue weighted by Crippen LogP contribution is 2.25. The van der Waals surface area contributed by atoms with Crippen LogP contribution in [-0.4, -0.2) is 61.2 Å².